The largest absolute Gasteiger partial charge is 0.288 e. The van der Waals surface area contributed by atoms with Crippen molar-refractivity contribution in [2.45, 2.75) is 13.8 Å². The highest BCUT2D eigenvalue weighted by Gasteiger charge is 2.19. The van der Waals surface area contributed by atoms with E-state index in [4.69, 9.17) is 0 Å². The number of nitrogens with one attached hydrogen (secondary N) is 1. The number of thiazole rings is 2. The molecule has 0 radical (unpaired) electrons. The molecule has 3 heterocycles. The highest BCUT2D eigenvalue weighted by Crippen LogP contribution is 2.29. The van der Waals surface area contributed by atoms with E-state index in [0.717, 1.165) is 16.8 Å². The Morgan fingerprint density at radius 1 is 1.00 bits per heavy atom. The number of halogens is 1. The quantitative estimate of drug-likeness (QED) is 0.388. The molecule has 0 aliphatic rings. The van der Waals surface area contributed by atoms with Gasteiger partial charge in [-0.1, -0.05) is 29.8 Å². The molecule has 5 rings (SSSR count). The van der Waals surface area contributed by atoms with Crippen molar-refractivity contribution < 1.29 is 9.18 Å². The maximum Gasteiger partial charge on any atom is 0.270 e. The van der Waals surface area contributed by atoms with Gasteiger partial charge in [0.25, 0.3) is 11.9 Å². The summed E-state index contributed by atoms with van der Waals surface area (Å²) >= 11 is 2.71. The van der Waals surface area contributed by atoms with Crippen LogP contribution in [0.1, 0.15) is 20.9 Å². The van der Waals surface area contributed by atoms with E-state index in [9.17, 15) is 9.18 Å². The molecule has 0 bridgehead atoms. The number of anilines is 1. The molecule has 0 aliphatic heterocycles. The van der Waals surface area contributed by atoms with Gasteiger partial charge in [-0.2, -0.15) is 4.98 Å². The van der Waals surface area contributed by atoms with E-state index in [1.165, 1.54) is 40.4 Å². The number of hydrogen-bond acceptors (Lipinski definition) is 6. The Hall–Kier alpha value is -3.43. The number of carbonyl (C=O) groups excluding carboxylic acids is 1. The van der Waals surface area contributed by atoms with Gasteiger partial charge in [0.1, 0.15) is 15.7 Å². The molecule has 0 aliphatic carbocycles. The molecule has 0 spiro atoms. The summed E-state index contributed by atoms with van der Waals surface area (Å²) in [5, 5.41) is 9.89. The number of amides is 1. The Kier molecular flexibility index (Phi) is 4.84. The fourth-order valence-electron chi connectivity index (χ4n) is 3.14. The van der Waals surface area contributed by atoms with Crippen molar-refractivity contribution in [1.29, 1.82) is 0 Å². The molecule has 0 saturated carbocycles. The Bertz CT molecular complexity index is 1400. The van der Waals surface area contributed by atoms with Crippen LogP contribution in [0.5, 0.6) is 0 Å². The molecule has 5 aromatic rings. The lowest BCUT2D eigenvalue weighted by molar-refractivity contribution is 0.102. The molecule has 154 valence electrons. The second-order valence-corrected chi connectivity index (χ2v) is 8.85. The minimum atomic E-state index is -0.321. The highest BCUT2D eigenvalue weighted by atomic mass is 32.1. The van der Waals surface area contributed by atoms with Gasteiger partial charge in [0, 0.05) is 16.5 Å². The summed E-state index contributed by atoms with van der Waals surface area (Å²) in [4.78, 5) is 22.9. The first-order chi connectivity index (χ1) is 15.0. The van der Waals surface area contributed by atoms with E-state index in [1.54, 1.807) is 23.6 Å². The molecule has 3 aromatic heterocycles. The van der Waals surface area contributed by atoms with Crippen LogP contribution in [0.2, 0.25) is 0 Å². The van der Waals surface area contributed by atoms with Crippen molar-refractivity contribution in [2.24, 2.45) is 0 Å². The van der Waals surface area contributed by atoms with Gasteiger partial charge in [-0.25, -0.2) is 13.9 Å². The molecule has 2 aromatic carbocycles. The number of fused-ring (bicyclic) bond motifs is 1. The van der Waals surface area contributed by atoms with Crippen LogP contribution in [0.25, 0.3) is 26.8 Å². The second-order valence-electron chi connectivity index (χ2n) is 7.01. The summed E-state index contributed by atoms with van der Waals surface area (Å²) in [5.41, 5.74) is 4.49. The third-order valence-electron chi connectivity index (χ3n) is 4.75. The second kappa shape index (κ2) is 7.68. The number of rotatable bonds is 4. The Labute approximate surface area is 185 Å². The molecular weight excluding hydrogens is 433 g/mol. The molecular formula is C22H16FN5OS2. The maximum absolute atomic E-state index is 13.2. The van der Waals surface area contributed by atoms with Gasteiger partial charge >= 0.3 is 0 Å². The molecule has 0 fully saturated rings. The lowest BCUT2D eigenvalue weighted by atomic mass is 10.1. The van der Waals surface area contributed by atoms with Crippen molar-refractivity contribution in [1.82, 2.24) is 19.6 Å². The van der Waals surface area contributed by atoms with Crippen LogP contribution in [-0.2, 0) is 0 Å². The van der Waals surface area contributed by atoms with Crippen molar-refractivity contribution in [2.75, 3.05) is 5.32 Å². The lowest BCUT2D eigenvalue weighted by Gasteiger charge is -2.00. The van der Waals surface area contributed by atoms with Crippen LogP contribution in [0.3, 0.4) is 0 Å². The number of carbonyl (C=O) groups is 1. The molecule has 0 saturated heterocycles. The third kappa shape index (κ3) is 3.73. The first kappa shape index (κ1) is 19.5. The lowest BCUT2D eigenvalue weighted by Crippen LogP contribution is -2.12. The van der Waals surface area contributed by atoms with Crippen LogP contribution in [0, 0.1) is 19.7 Å². The predicted molar refractivity (Wildman–Crippen MR) is 121 cm³/mol. The summed E-state index contributed by atoms with van der Waals surface area (Å²) in [6.45, 7) is 3.81. The third-order valence-corrected chi connectivity index (χ3v) is 6.77. The Morgan fingerprint density at radius 3 is 2.45 bits per heavy atom. The first-order valence-corrected chi connectivity index (χ1v) is 11.1. The first-order valence-electron chi connectivity index (χ1n) is 9.44. The van der Waals surface area contributed by atoms with Crippen molar-refractivity contribution >= 4 is 39.5 Å². The van der Waals surface area contributed by atoms with E-state index in [2.05, 4.69) is 20.4 Å². The van der Waals surface area contributed by atoms with Crippen LogP contribution in [0.4, 0.5) is 10.3 Å². The minimum Gasteiger partial charge on any atom is -0.288 e. The van der Waals surface area contributed by atoms with Gasteiger partial charge in [-0.3, -0.25) is 10.1 Å². The molecule has 1 N–H and O–H groups in total. The fourth-order valence-corrected chi connectivity index (χ4v) is 4.94. The molecule has 0 atom stereocenters. The van der Waals surface area contributed by atoms with Gasteiger partial charge in [-0.15, -0.1) is 27.8 Å². The summed E-state index contributed by atoms with van der Waals surface area (Å²) in [6.07, 6.45) is 0. The average molecular weight is 450 g/mol. The predicted octanol–water partition coefficient (Wildman–Crippen LogP) is 5.59. The maximum atomic E-state index is 13.2. The minimum absolute atomic E-state index is 0.237. The van der Waals surface area contributed by atoms with Crippen molar-refractivity contribution in [3.8, 4) is 21.8 Å². The van der Waals surface area contributed by atoms with E-state index >= 15 is 0 Å². The van der Waals surface area contributed by atoms with E-state index in [0.29, 0.717) is 20.5 Å². The van der Waals surface area contributed by atoms with E-state index in [-0.39, 0.29) is 17.7 Å². The fraction of sp³-hybridized carbons (Fsp3) is 0.0909. The van der Waals surface area contributed by atoms with Crippen LogP contribution < -0.4 is 5.32 Å². The summed E-state index contributed by atoms with van der Waals surface area (Å²) in [7, 11) is 0. The van der Waals surface area contributed by atoms with Crippen molar-refractivity contribution in [3.05, 3.63) is 75.9 Å². The molecule has 6 nitrogen and oxygen atoms in total. The number of aromatic nitrogens is 4. The SMILES string of the molecule is Cc1ccc(-c2csc3nc(NC(=O)c4sc(-c5ccc(F)cc5)nc4C)nn23)cc1. The Balaban J connectivity index is 1.41. The zero-order valence-electron chi connectivity index (χ0n) is 16.6. The Morgan fingerprint density at radius 2 is 1.71 bits per heavy atom. The number of nitrogens with zero attached hydrogens (tertiary/aromatic N) is 4. The summed E-state index contributed by atoms with van der Waals surface area (Å²) in [5.74, 6) is -0.398. The van der Waals surface area contributed by atoms with Crippen LogP contribution in [-0.4, -0.2) is 25.5 Å². The summed E-state index contributed by atoms with van der Waals surface area (Å²) in [6, 6.07) is 14.2. The topological polar surface area (TPSA) is 72.2 Å². The standard InChI is InChI=1S/C22H16FN5OS2/c1-12-3-5-14(6-4-12)17-11-30-22-26-21(27-28(17)22)25-19(29)18-13(2)24-20(31-18)15-7-9-16(23)10-8-15/h3-11H,1-2H3,(H,25,27,29). The van der Waals surface area contributed by atoms with Gasteiger partial charge in [0.05, 0.1) is 11.4 Å². The number of hydrogen-bond donors (Lipinski definition) is 1. The van der Waals surface area contributed by atoms with E-state index in [1.807, 2.05) is 36.6 Å². The zero-order valence-corrected chi connectivity index (χ0v) is 18.2. The monoisotopic (exact) mass is 449 g/mol. The molecule has 0 unspecified atom stereocenters. The van der Waals surface area contributed by atoms with Gasteiger partial charge in [-0.05, 0) is 38.1 Å². The van der Waals surface area contributed by atoms with Crippen LogP contribution in [0.15, 0.2) is 53.9 Å². The van der Waals surface area contributed by atoms with Crippen molar-refractivity contribution in [3.63, 3.8) is 0 Å². The average Bonchev–Trinajstić information content (AvgIpc) is 3.43. The highest BCUT2D eigenvalue weighted by molar-refractivity contribution is 7.17. The molecule has 9 heteroatoms. The van der Waals surface area contributed by atoms with Gasteiger partial charge in [0.2, 0.25) is 4.96 Å². The van der Waals surface area contributed by atoms with E-state index < -0.39 is 0 Å². The molecule has 1 amide bonds. The molecule has 31 heavy (non-hydrogen) atoms. The number of benzene rings is 2. The normalized spacial score (nSPS) is 11.2. The smallest absolute Gasteiger partial charge is 0.270 e. The van der Waals surface area contributed by atoms with Crippen LogP contribution >= 0.6 is 22.7 Å². The van der Waals surface area contributed by atoms with Gasteiger partial charge in [0.15, 0.2) is 0 Å². The number of aryl methyl sites for hydroxylation is 2. The summed E-state index contributed by atoms with van der Waals surface area (Å²) < 4.78 is 14.9. The zero-order chi connectivity index (χ0) is 21.5. The van der Waals surface area contributed by atoms with Gasteiger partial charge < -0.3 is 0 Å².